The van der Waals surface area contributed by atoms with Gasteiger partial charge in [-0.15, -0.1) is 0 Å². The van der Waals surface area contributed by atoms with E-state index >= 15 is 0 Å². The third kappa shape index (κ3) is 11.4. The quantitative estimate of drug-likeness (QED) is 0.558. The first-order chi connectivity index (χ1) is 8.70. The van der Waals surface area contributed by atoms with Crippen LogP contribution in [-0.4, -0.2) is 24.9 Å². The molecular formula is C14H28N2O2. The molecule has 0 heterocycles. The van der Waals surface area contributed by atoms with Crippen LogP contribution in [-0.2, 0) is 9.59 Å². The van der Waals surface area contributed by atoms with Gasteiger partial charge in [-0.2, -0.15) is 0 Å². The smallest absolute Gasteiger partial charge is 0.220 e. The van der Waals surface area contributed by atoms with E-state index in [0.29, 0.717) is 19.4 Å². The summed E-state index contributed by atoms with van der Waals surface area (Å²) >= 11 is 0. The van der Waals surface area contributed by atoms with Crippen LogP contribution in [0.15, 0.2) is 0 Å². The van der Waals surface area contributed by atoms with Crippen LogP contribution in [0.3, 0.4) is 0 Å². The van der Waals surface area contributed by atoms with Crippen molar-refractivity contribution in [2.24, 2.45) is 0 Å². The van der Waals surface area contributed by atoms with Gasteiger partial charge in [0.15, 0.2) is 0 Å². The second kappa shape index (κ2) is 12.4. The second-order valence-electron chi connectivity index (χ2n) is 4.61. The minimum absolute atomic E-state index is 0.0810. The lowest BCUT2D eigenvalue weighted by atomic mass is 10.2. The Morgan fingerprint density at radius 1 is 0.722 bits per heavy atom. The number of hydrogen-bond acceptors (Lipinski definition) is 2. The summed E-state index contributed by atoms with van der Waals surface area (Å²) in [6.07, 6.45) is 7.35. The van der Waals surface area contributed by atoms with Crippen LogP contribution < -0.4 is 10.6 Å². The molecule has 0 radical (unpaired) electrons. The zero-order valence-corrected chi connectivity index (χ0v) is 11.9. The Kier molecular flexibility index (Phi) is 11.7. The zero-order chi connectivity index (χ0) is 13.6. The van der Waals surface area contributed by atoms with E-state index in [0.717, 1.165) is 25.8 Å². The first-order valence-electron chi connectivity index (χ1n) is 7.24. The maximum atomic E-state index is 11.4. The molecule has 0 bridgehead atoms. The molecule has 2 N–H and O–H groups in total. The van der Waals surface area contributed by atoms with Gasteiger partial charge >= 0.3 is 0 Å². The van der Waals surface area contributed by atoms with E-state index < -0.39 is 0 Å². The number of amides is 2. The first kappa shape index (κ1) is 16.9. The van der Waals surface area contributed by atoms with E-state index in [9.17, 15) is 9.59 Å². The van der Waals surface area contributed by atoms with Gasteiger partial charge in [0.25, 0.3) is 0 Å². The molecule has 0 aromatic carbocycles. The Bertz CT molecular complexity index is 230. The molecule has 2 amide bonds. The van der Waals surface area contributed by atoms with Crippen molar-refractivity contribution in [3.05, 3.63) is 0 Å². The summed E-state index contributed by atoms with van der Waals surface area (Å²) in [4.78, 5) is 22.6. The monoisotopic (exact) mass is 256 g/mol. The van der Waals surface area contributed by atoms with E-state index in [1.807, 2.05) is 6.92 Å². The fourth-order valence-electron chi connectivity index (χ4n) is 1.66. The molecule has 0 saturated carbocycles. The molecule has 0 fully saturated rings. The second-order valence-corrected chi connectivity index (χ2v) is 4.61. The summed E-state index contributed by atoms with van der Waals surface area (Å²) in [6, 6.07) is 0. The van der Waals surface area contributed by atoms with E-state index in [1.165, 1.54) is 19.3 Å². The highest BCUT2D eigenvalue weighted by Gasteiger charge is 2.02. The summed E-state index contributed by atoms with van der Waals surface area (Å²) in [6.45, 7) is 5.53. The van der Waals surface area contributed by atoms with Gasteiger partial charge in [-0.25, -0.2) is 0 Å². The molecule has 4 nitrogen and oxygen atoms in total. The van der Waals surface area contributed by atoms with Crippen LogP contribution in [0.2, 0.25) is 0 Å². The maximum absolute atomic E-state index is 11.4. The van der Waals surface area contributed by atoms with Gasteiger partial charge < -0.3 is 10.6 Å². The van der Waals surface area contributed by atoms with E-state index in [1.54, 1.807) is 0 Å². The Balaban J connectivity index is 3.29. The Hall–Kier alpha value is -1.06. The van der Waals surface area contributed by atoms with Gasteiger partial charge in [0, 0.05) is 25.9 Å². The SMILES string of the molecule is CCCCCCNC(=O)CCCNC(=O)CCC. The Morgan fingerprint density at radius 2 is 1.33 bits per heavy atom. The van der Waals surface area contributed by atoms with Crippen molar-refractivity contribution in [3.63, 3.8) is 0 Å². The minimum Gasteiger partial charge on any atom is -0.356 e. The molecule has 0 aromatic heterocycles. The van der Waals surface area contributed by atoms with Crippen LogP contribution in [0.5, 0.6) is 0 Å². The predicted molar refractivity (Wildman–Crippen MR) is 74.3 cm³/mol. The van der Waals surface area contributed by atoms with Gasteiger partial charge in [0.05, 0.1) is 0 Å². The Labute approximate surface area is 111 Å². The number of rotatable bonds is 11. The molecule has 0 spiro atoms. The predicted octanol–water partition coefficient (Wildman–Crippen LogP) is 2.38. The van der Waals surface area contributed by atoms with Gasteiger partial charge in [0.2, 0.25) is 11.8 Å². The summed E-state index contributed by atoms with van der Waals surface area (Å²) in [7, 11) is 0. The van der Waals surface area contributed by atoms with Crippen LogP contribution in [0.4, 0.5) is 0 Å². The Morgan fingerprint density at radius 3 is 1.94 bits per heavy atom. The van der Waals surface area contributed by atoms with Crippen LogP contribution >= 0.6 is 0 Å². The van der Waals surface area contributed by atoms with Crippen molar-refractivity contribution < 1.29 is 9.59 Å². The number of unbranched alkanes of at least 4 members (excludes halogenated alkanes) is 3. The minimum atomic E-state index is 0.0810. The number of carbonyl (C=O) groups excluding carboxylic acids is 2. The molecule has 18 heavy (non-hydrogen) atoms. The standard InChI is InChI=1S/C14H28N2O2/c1-3-5-6-7-11-15-14(18)10-8-12-16-13(17)9-4-2/h3-12H2,1-2H3,(H,15,18)(H,16,17). The van der Waals surface area contributed by atoms with Gasteiger partial charge in [-0.05, 0) is 19.3 Å². The van der Waals surface area contributed by atoms with Crippen molar-refractivity contribution in [3.8, 4) is 0 Å². The molecule has 0 saturated heterocycles. The van der Waals surface area contributed by atoms with E-state index in [2.05, 4.69) is 17.6 Å². The third-order valence-electron chi connectivity index (χ3n) is 2.73. The van der Waals surface area contributed by atoms with E-state index in [-0.39, 0.29) is 11.8 Å². The maximum Gasteiger partial charge on any atom is 0.220 e. The van der Waals surface area contributed by atoms with Crippen LogP contribution in [0.1, 0.15) is 65.2 Å². The highest BCUT2D eigenvalue weighted by Crippen LogP contribution is 1.97. The van der Waals surface area contributed by atoms with Crippen molar-refractivity contribution in [2.75, 3.05) is 13.1 Å². The molecular weight excluding hydrogens is 228 g/mol. The summed E-state index contributed by atoms with van der Waals surface area (Å²) < 4.78 is 0. The highest BCUT2D eigenvalue weighted by molar-refractivity contribution is 5.76. The zero-order valence-electron chi connectivity index (χ0n) is 11.9. The number of hydrogen-bond donors (Lipinski definition) is 2. The fourth-order valence-corrected chi connectivity index (χ4v) is 1.66. The molecule has 0 aliphatic carbocycles. The lowest BCUT2D eigenvalue weighted by Gasteiger charge is -2.06. The largest absolute Gasteiger partial charge is 0.356 e. The molecule has 0 aliphatic rings. The first-order valence-corrected chi connectivity index (χ1v) is 7.24. The van der Waals surface area contributed by atoms with Crippen LogP contribution in [0.25, 0.3) is 0 Å². The number of nitrogens with one attached hydrogen (secondary N) is 2. The average molecular weight is 256 g/mol. The normalized spacial score (nSPS) is 10.1. The van der Waals surface area contributed by atoms with Crippen molar-refractivity contribution >= 4 is 11.8 Å². The lowest BCUT2D eigenvalue weighted by Crippen LogP contribution is -2.27. The highest BCUT2D eigenvalue weighted by atomic mass is 16.2. The molecule has 0 aliphatic heterocycles. The molecule has 0 rings (SSSR count). The van der Waals surface area contributed by atoms with Crippen molar-refractivity contribution in [1.82, 2.24) is 10.6 Å². The number of carbonyl (C=O) groups is 2. The van der Waals surface area contributed by atoms with E-state index in [4.69, 9.17) is 0 Å². The molecule has 0 unspecified atom stereocenters. The topological polar surface area (TPSA) is 58.2 Å². The summed E-state index contributed by atoms with van der Waals surface area (Å²) in [5.41, 5.74) is 0. The summed E-state index contributed by atoms with van der Waals surface area (Å²) in [5, 5.41) is 5.71. The fraction of sp³-hybridized carbons (Fsp3) is 0.857. The van der Waals surface area contributed by atoms with Gasteiger partial charge in [-0.1, -0.05) is 33.1 Å². The third-order valence-corrected chi connectivity index (χ3v) is 2.73. The van der Waals surface area contributed by atoms with Gasteiger partial charge in [-0.3, -0.25) is 9.59 Å². The lowest BCUT2D eigenvalue weighted by molar-refractivity contribution is -0.123. The average Bonchev–Trinajstić information content (AvgIpc) is 2.35. The molecule has 0 atom stereocenters. The molecule has 4 heteroatoms. The van der Waals surface area contributed by atoms with Crippen molar-refractivity contribution in [1.29, 1.82) is 0 Å². The molecule has 0 aromatic rings. The van der Waals surface area contributed by atoms with Gasteiger partial charge in [0.1, 0.15) is 0 Å². The van der Waals surface area contributed by atoms with Crippen molar-refractivity contribution in [2.45, 2.75) is 65.2 Å². The molecule has 106 valence electrons. The summed E-state index contributed by atoms with van der Waals surface area (Å²) in [5.74, 6) is 0.175. The van der Waals surface area contributed by atoms with Crippen LogP contribution in [0, 0.1) is 0 Å².